The van der Waals surface area contributed by atoms with Gasteiger partial charge >= 0.3 is 0 Å². The van der Waals surface area contributed by atoms with Crippen LogP contribution in [0.5, 0.6) is 0 Å². The van der Waals surface area contributed by atoms with Crippen molar-refractivity contribution in [1.29, 1.82) is 0 Å². The van der Waals surface area contributed by atoms with E-state index >= 15 is 0 Å². The van der Waals surface area contributed by atoms with Crippen LogP contribution in [0.1, 0.15) is 17.9 Å². The summed E-state index contributed by atoms with van der Waals surface area (Å²) in [4.78, 5) is 13.4. The van der Waals surface area contributed by atoms with E-state index in [1.165, 1.54) is 10.5 Å². The number of thioether (sulfide) groups is 1. The summed E-state index contributed by atoms with van der Waals surface area (Å²) in [6.45, 7) is 0.832. The molecule has 21 heavy (non-hydrogen) atoms. The zero-order valence-electron chi connectivity index (χ0n) is 11.9. The Morgan fingerprint density at radius 3 is 2.76 bits per heavy atom. The minimum atomic E-state index is 0.0652. The van der Waals surface area contributed by atoms with Crippen LogP contribution in [-0.2, 0) is 4.79 Å². The van der Waals surface area contributed by atoms with Gasteiger partial charge in [-0.15, -0.1) is 11.8 Å². The van der Waals surface area contributed by atoms with Gasteiger partial charge in [0.2, 0.25) is 5.91 Å². The zero-order valence-corrected chi connectivity index (χ0v) is 12.7. The third kappa shape index (κ3) is 3.22. The minimum absolute atomic E-state index is 0.0652. The number of anilines is 2. The molecule has 3 rings (SSSR count). The van der Waals surface area contributed by atoms with Crippen molar-refractivity contribution in [3.8, 4) is 0 Å². The highest BCUT2D eigenvalue weighted by Crippen LogP contribution is 2.33. The molecular weight excluding hydrogens is 280 g/mol. The molecule has 2 N–H and O–H groups in total. The quantitative estimate of drug-likeness (QED) is 0.840. The van der Waals surface area contributed by atoms with Gasteiger partial charge in [-0.3, -0.25) is 4.79 Å². The van der Waals surface area contributed by atoms with Crippen LogP contribution in [-0.4, -0.2) is 18.7 Å². The maximum absolute atomic E-state index is 12.2. The van der Waals surface area contributed by atoms with Gasteiger partial charge in [0, 0.05) is 35.2 Å². The second-order valence-corrected chi connectivity index (χ2v) is 6.03. The molecule has 4 heteroatoms. The van der Waals surface area contributed by atoms with Crippen LogP contribution in [0.25, 0.3) is 0 Å². The summed E-state index contributed by atoms with van der Waals surface area (Å²) in [6.07, 6.45) is 2.55. The maximum atomic E-state index is 12.2. The average molecular weight is 298 g/mol. The van der Waals surface area contributed by atoms with Crippen molar-refractivity contribution in [3.05, 3.63) is 54.1 Å². The first-order valence-corrected chi connectivity index (χ1v) is 8.25. The minimum Gasteiger partial charge on any atom is -0.384 e. The van der Waals surface area contributed by atoms with Crippen molar-refractivity contribution >= 4 is 29.0 Å². The SMILES string of the molecule is CSc1ccc(NC(=O)CC2CNc3ccccc32)cc1. The lowest BCUT2D eigenvalue weighted by atomic mass is 9.97. The number of hydrogen-bond donors (Lipinski definition) is 2. The van der Waals surface area contributed by atoms with Crippen LogP contribution >= 0.6 is 11.8 Å². The van der Waals surface area contributed by atoms with Crippen LogP contribution in [0.3, 0.4) is 0 Å². The number of rotatable bonds is 4. The van der Waals surface area contributed by atoms with E-state index in [-0.39, 0.29) is 11.8 Å². The largest absolute Gasteiger partial charge is 0.384 e. The number of carbonyl (C=O) groups is 1. The highest BCUT2D eigenvalue weighted by molar-refractivity contribution is 7.98. The van der Waals surface area contributed by atoms with Crippen LogP contribution in [0.2, 0.25) is 0 Å². The van der Waals surface area contributed by atoms with Gasteiger partial charge in [-0.25, -0.2) is 0 Å². The Hall–Kier alpha value is -1.94. The van der Waals surface area contributed by atoms with Crippen LogP contribution in [0, 0.1) is 0 Å². The second kappa shape index (κ2) is 6.22. The number of hydrogen-bond acceptors (Lipinski definition) is 3. The lowest BCUT2D eigenvalue weighted by molar-refractivity contribution is -0.116. The van der Waals surface area contributed by atoms with E-state index in [4.69, 9.17) is 0 Å². The molecule has 1 amide bonds. The van der Waals surface area contributed by atoms with E-state index in [2.05, 4.69) is 22.8 Å². The highest BCUT2D eigenvalue weighted by atomic mass is 32.2. The van der Waals surface area contributed by atoms with Gasteiger partial charge in [0.25, 0.3) is 0 Å². The Kier molecular flexibility index (Phi) is 4.15. The first kappa shape index (κ1) is 14.0. The van der Waals surface area contributed by atoms with Crippen LogP contribution in [0.15, 0.2) is 53.4 Å². The summed E-state index contributed by atoms with van der Waals surface area (Å²) in [5.41, 5.74) is 3.25. The molecule has 0 fully saturated rings. The first-order valence-electron chi connectivity index (χ1n) is 7.03. The van der Waals surface area contributed by atoms with E-state index in [0.29, 0.717) is 6.42 Å². The molecule has 1 aliphatic rings. The van der Waals surface area contributed by atoms with Crippen molar-refractivity contribution in [2.45, 2.75) is 17.2 Å². The Labute approximate surface area is 129 Å². The molecule has 3 nitrogen and oxygen atoms in total. The lowest BCUT2D eigenvalue weighted by Gasteiger charge is -2.11. The molecular formula is C17H18N2OS. The van der Waals surface area contributed by atoms with E-state index in [9.17, 15) is 4.79 Å². The van der Waals surface area contributed by atoms with Crippen molar-refractivity contribution in [1.82, 2.24) is 0 Å². The van der Waals surface area contributed by atoms with E-state index in [0.717, 1.165) is 17.9 Å². The fraction of sp³-hybridized carbons (Fsp3) is 0.235. The summed E-state index contributed by atoms with van der Waals surface area (Å²) in [5.74, 6) is 0.321. The number of carbonyl (C=O) groups excluding carboxylic acids is 1. The standard InChI is InChI=1S/C17H18N2OS/c1-21-14-8-6-13(7-9-14)19-17(20)10-12-11-18-16-5-3-2-4-15(12)16/h2-9,12,18H,10-11H2,1H3,(H,19,20). The Bertz CT molecular complexity index is 639. The molecule has 1 unspecified atom stereocenters. The van der Waals surface area contributed by atoms with Gasteiger partial charge in [0.1, 0.15) is 0 Å². The summed E-state index contributed by atoms with van der Waals surface area (Å²) < 4.78 is 0. The molecule has 2 aromatic rings. The number of benzene rings is 2. The fourth-order valence-corrected chi connectivity index (χ4v) is 3.06. The zero-order chi connectivity index (χ0) is 14.7. The van der Waals surface area contributed by atoms with E-state index < -0.39 is 0 Å². The van der Waals surface area contributed by atoms with Gasteiger partial charge in [0.05, 0.1) is 0 Å². The monoisotopic (exact) mass is 298 g/mol. The average Bonchev–Trinajstić information content (AvgIpc) is 2.91. The Balaban J connectivity index is 1.62. The molecule has 1 heterocycles. The van der Waals surface area contributed by atoms with E-state index in [1.807, 2.05) is 42.7 Å². The summed E-state index contributed by atoms with van der Waals surface area (Å²) in [6, 6.07) is 16.1. The van der Waals surface area contributed by atoms with Crippen molar-refractivity contribution in [2.24, 2.45) is 0 Å². The molecule has 108 valence electrons. The smallest absolute Gasteiger partial charge is 0.225 e. The summed E-state index contributed by atoms with van der Waals surface area (Å²) in [5, 5.41) is 6.33. The van der Waals surface area contributed by atoms with E-state index in [1.54, 1.807) is 11.8 Å². The number of para-hydroxylation sites is 1. The molecule has 0 radical (unpaired) electrons. The lowest BCUT2D eigenvalue weighted by Crippen LogP contribution is -2.16. The number of amides is 1. The Morgan fingerprint density at radius 1 is 1.24 bits per heavy atom. The van der Waals surface area contributed by atoms with Gasteiger partial charge < -0.3 is 10.6 Å². The van der Waals surface area contributed by atoms with Crippen molar-refractivity contribution in [3.63, 3.8) is 0 Å². The maximum Gasteiger partial charge on any atom is 0.225 e. The molecule has 0 spiro atoms. The van der Waals surface area contributed by atoms with Crippen molar-refractivity contribution < 1.29 is 4.79 Å². The number of nitrogens with one attached hydrogen (secondary N) is 2. The van der Waals surface area contributed by atoms with Gasteiger partial charge in [-0.2, -0.15) is 0 Å². The normalized spacial score (nSPS) is 16.1. The summed E-state index contributed by atoms with van der Waals surface area (Å²) >= 11 is 1.69. The van der Waals surface area contributed by atoms with Gasteiger partial charge in [-0.05, 0) is 42.2 Å². The van der Waals surface area contributed by atoms with Gasteiger partial charge in [-0.1, -0.05) is 18.2 Å². The number of fused-ring (bicyclic) bond motifs is 1. The highest BCUT2D eigenvalue weighted by Gasteiger charge is 2.23. The first-order chi connectivity index (χ1) is 10.3. The molecule has 0 aromatic heterocycles. The predicted octanol–water partition coefficient (Wildman–Crippen LogP) is 3.95. The second-order valence-electron chi connectivity index (χ2n) is 5.15. The third-order valence-electron chi connectivity index (χ3n) is 3.75. The molecule has 0 saturated heterocycles. The third-order valence-corrected chi connectivity index (χ3v) is 4.49. The molecule has 1 atom stereocenters. The topological polar surface area (TPSA) is 41.1 Å². The predicted molar refractivity (Wildman–Crippen MR) is 89.1 cm³/mol. The molecule has 0 bridgehead atoms. The molecule has 2 aromatic carbocycles. The molecule has 0 aliphatic carbocycles. The van der Waals surface area contributed by atoms with Crippen LogP contribution in [0.4, 0.5) is 11.4 Å². The molecule has 1 aliphatic heterocycles. The Morgan fingerprint density at radius 2 is 2.00 bits per heavy atom. The molecule has 0 saturated carbocycles. The van der Waals surface area contributed by atoms with Crippen molar-refractivity contribution in [2.75, 3.05) is 23.4 Å². The summed E-state index contributed by atoms with van der Waals surface area (Å²) in [7, 11) is 0. The fourth-order valence-electron chi connectivity index (χ4n) is 2.65. The van der Waals surface area contributed by atoms with Crippen LogP contribution < -0.4 is 10.6 Å². The van der Waals surface area contributed by atoms with Gasteiger partial charge in [0.15, 0.2) is 0 Å².